The molecule has 0 saturated heterocycles. The van der Waals surface area contributed by atoms with Crippen LogP contribution >= 0.6 is 0 Å². The lowest BCUT2D eigenvalue weighted by atomic mass is 10.0. The first-order valence-electron chi connectivity index (χ1n) is 8.29. The van der Waals surface area contributed by atoms with Crippen molar-refractivity contribution < 1.29 is 14.7 Å². The summed E-state index contributed by atoms with van der Waals surface area (Å²) in [6.45, 7) is 2.27. The Balaban J connectivity index is 1.82. The predicted molar refractivity (Wildman–Crippen MR) is 96.7 cm³/mol. The van der Waals surface area contributed by atoms with Crippen molar-refractivity contribution in [2.24, 2.45) is 0 Å². The van der Waals surface area contributed by atoms with Crippen LogP contribution in [-0.4, -0.2) is 28.6 Å². The molecule has 2 amide bonds. The number of fused-ring (bicyclic) bond motifs is 1. The van der Waals surface area contributed by atoms with Gasteiger partial charge in [-0.15, -0.1) is 0 Å². The minimum Gasteiger partial charge on any atom is -0.465 e. The summed E-state index contributed by atoms with van der Waals surface area (Å²) in [5, 5.41) is 12.2. The largest absolute Gasteiger partial charge is 0.465 e. The smallest absolute Gasteiger partial charge is 0.407 e. The van der Waals surface area contributed by atoms with Gasteiger partial charge in [-0.25, -0.2) is 4.79 Å². The fourth-order valence-electron chi connectivity index (χ4n) is 3.35. The molecule has 0 radical (unpaired) electrons. The van der Waals surface area contributed by atoms with Gasteiger partial charge in [0.05, 0.1) is 17.4 Å². The number of rotatable bonds is 4. The van der Waals surface area contributed by atoms with Gasteiger partial charge < -0.3 is 21.1 Å². The van der Waals surface area contributed by atoms with Gasteiger partial charge in [-0.2, -0.15) is 0 Å². The highest BCUT2D eigenvalue weighted by atomic mass is 16.4. The molecule has 1 aliphatic carbocycles. The maximum absolute atomic E-state index is 12.5. The second-order valence-corrected chi connectivity index (χ2v) is 6.08. The standard InChI is InChI=1S/C19H21N3O3/c1-2-22(19(24)25)17-10-8-12-11-13(7-9-14(12)17)18(23)21-16-6-4-3-5-15(16)20/h3-7,9,11,17H,2,8,10,20H2,1H3,(H,21,23)(H,24,25). The highest BCUT2D eigenvalue weighted by Gasteiger charge is 2.30. The quantitative estimate of drug-likeness (QED) is 0.743. The van der Waals surface area contributed by atoms with E-state index >= 15 is 0 Å². The molecule has 0 heterocycles. The van der Waals surface area contributed by atoms with Crippen molar-refractivity contribution in [1.82, 2.24) is 4.90 Å². The molecule has 3 rings (SSSR count). The van der Waals surface area contributed by atoms with Crippen molar-refractivity contribution >= 4 is 23.4 Å². The SMILES string of the molecule is CCN(C(=O)O)C1CCc2cc(C(=O)Nc3ccccc3N)ccc21. The van der Waals surface area contributed by atoms with E-state index in [2.05, 4.69) is 5.32 Å². The van der Waals surface area contributed by atoms with Gasteiger partial charge in [-0.3, -0.25) is 4.79 Å². The fourth-order valence-corrected chi connectivity index (χ4v) is 3.35. The summed E-state index contributed by atoms with van der Waals surface area (Å²) in [6.07, 6.45) is 0.589. The highest BCUT2D eigenvalue weighted by Crippen LogP contribution is 2.36. The number of benzene rings is 2. The van der Waals surface area contributed by atoms with Crippen molar-refractivity contribution in [2.75, 3.05) is 17.6 Å². The van der Waals surface area contributed by atoms with Crippen LogP contribution in [0, 0.1) is 0 Å². The number of nitrogens with zero attached hydrogens (tertiary/aromatic N) is 1. The van der Waals surface area contributed by atoms with E-state index in [0.29, 0.717) is 23.5 Å². The van der Waals surface area contributed by atoms with Gasteiger partial charge in [0.1, 0.15) is 0 Å². The van der Waals surface area contributed by atoms with Crippen LogP contribution in [-0.2, 0) is 6.42 Å². The summed E-state index contributed by atoms with van der Waals surface area (Å²) < 4.78 is 0. The summed E-state index contributed by atoms with van der Waals surface area (Å²) >= 11 is 0. The molecule has 6 heteroatoms. The number of carboxylic acid groups (broad SMARTS) is 1. The van der Waals surface area contributed by atoms with Crippen molar-refractivity contribution in [3.8, 4) is 0 Å². The third kappa shape index (κ3) is 3.28. The Morgan fingerprint density at radius 1 is 1.28 bits per heavy atom. The van der Waals surface area contributed by atoms with Gasteiger partial charge in [0.25, 0.3) is 5.91 Å². The molecule has 0 spiro atoms. The van der Waals surface area contributed by atoms with Gasteiger partial charge >= 0.3 is 6.09 Å². The molecule has 0 bridgehead atoms. The first-order valence-corrected chi connectivity index (χ1v) is 8.29. The van der Waals surface area contributed by atoms with Gasteiger partial charge in [-0.1, -0.05) is 18.2 Å². The van der Waals surface area contributed by atoms with Crippen molar-refractivity contribution in [3.05, 3.63) is 59.2 Å². The molecule has 0 aromatic heterocycles. The Morgan fingerprint density at radius 3 is 2.72 bits per heavy atom. The third-order valence-electron chi connectivity index (χ3n) is 4.62. The van der Waals surface area contributed by atoms with Crippen LogP contribution in [0.3, 0.4) is 0 Å². The number of nitrogen functional groups attached to an aromatic ring is 1. The van der Waals surface area contributed by atoms with Crippen LogP contribution < -0.4 is 11.1 Å². The maximum Gasteiger partial charge on any atom is 0.407 e. The van der Waals surface area contributed by atoms with Gasteiger partial charge in [-0.05, 0) is 55.2 Å². The van der Waals surface area contributed by atoms with Gasteiger partial charge in [0, 0.05) is 12.1 Å². The van der Waals surface area contributed by atoms with Crippen molar-refractivity contribution in [1.29, 1.82) is 0 Å². The van der Waals surface area contributed by atoms with E-state index in [0.717, 1.165) is 24.0 Å². The number of nitrogens with two attached hydrogens (primary N) is 1. The molecule has 0 aliphatic heterocycles. The molecule has 2 aromatic carbocycles. The van der Waals surface area contributed by atoms with Crippen LogP contribution in [0.5, 0.6) is 0 Å². The monoisotopic (exact) mass is 339 g/mol. The van der Waals surface area contributed by atoms with Crippen LogP contribution in [0.2, 0.25) is 0 Å². The summed E-state index contributed by atoms with van der Waals surface area (Å²) in [6, 6.07) is 12.4. The molecule has 130 valence electrons. The summed E-state index contributed by atoms with van der Waals surface area (Å²) in [7, 11) is 0. The number of hydrogen-bond acceptors (Lipinski definition) is 3. The number of carbonyl (C=O) groups excluding carboxylic acids is 1. The zero-order valence-electron chi connectivity index (χ0n) is 14.0. The van der Waals surface area contributed by atoms with Crippen molar-refractivity contribution in [3.63, 3.8) is 0 Å². The number of aryl methyl sites for hydroxylation is 1. The Hall–Kier alpha value is -3.02. The van der Waals surface area contributed by atoms with E-state index in [9.17, 15) is 14.7 Å². The number of nitrogens with one attached hydrogen (secondary N) is 1. The Kier molecular flexibility index (Phi) is 4.61. The van der Waals surface area contributed by atoms with E-state index in [-0.39, 0.29) is 11.9 Å². The third-order valence-corrected chi connectivity index (χ3v) is 4.62. The van der Waals surface area contributed by atoms with Gasteiger partial charge in [0.2, 0.25) is 0 Å². The molecule has 25 heavy (non-hydrogen) atoms. The van der Waals surface area contributed by atoms with E-state index in [4.69, 9.17) is 5.73 Å². The molecule has 0 saturated carbocycles. The van der Waals surface area contributed by atoms with Crippen LogP contribution in [0.25, 0.3) is 0 Å². The number of anilines is 2. The molecule has 4 N–H and O–H groups in total. The average molecular weight is 339 g/mol. The molecule has 0 fully saturated rings. The number of amides is 2. The lowest BCUT2D eigenvalue weighted by Gasteiger charge is -2.25. The number of carbonyl (C=O) groups is 2. The summed E-state index contributed by atoms with van der Waals surface area (Å²) in [5.74, 6) is -0.227. The topological polar surface area (TPSA) is 95.7 Å². The first kappa shape index (κ1) is 16.8. The summed E-state index contributed by atoms with van der Waals surface area (Å²) in [4.78, 5) is 25.3. The molecule has 1 aliphatic rings. The van der Waals surface area contributed by atoms with Crippen LogP contribution in [0.1, 0.15) is 40.9 Å². The Morgan fingerprint density at radius 2 is 2.04 bits per heavy atom. The van der Waals surface area contributed by atoms with E-state index in [1.165, 1.54) is 4.90 Å². The van der Waals surface area contributed by atoms with E-state index in [1.807, 2.05) is 31.2 Å². The highest BCUT2D eigenvalue weighted by molar-refractivity contribution is 6.05. The number of para-hydroxylation sites is 2. The minimum atomic E-state index is -0.915. The molecular weight excluding hydrogens is 318 g/mol. The zero-order valence-corrected chi connectivity index (χ0v) is 14.0. The van der Waals surface area contributed by atoms with Gasteiger partial charge in [0.15, 0.2) is 0 Å². The second-order valence-electron chi connectivity index (χ2n) is 6.08. The predicted octanol–water partition coefficient (Wildman–Crippen LogP) is 3.51. The second kappa shape index (κ2) is 6.84. The Bertz CT molecular complexity index is 819. The van der Waals surface area contributed by atoms with E-state index < -0.39 is 6.09 Å². The normalized spacial score (nSPS) is 15.5. The van der Waals surface area contributed by atoms with E-state index in [1.54, 1.807) is 18.2 Å². The zero-order chi connectivity index (χ0) is 18.0. The number of hydrogen-bond donors (Lipinski definition) is 3. The molecule has 2 aromatic rings. The molecule has 6 nitrogen and oxygen atoms in total. The Labute approximate surface area is 146 Å². The van der Waals surface area contributed by atoms with Crippen molar-refractivity contribution in [2.45, 2.75) is 25.8 Å². The first-order chi connectivity index (χ1) is 12.0. The summed E-state index contributed by atoms with van der Waals surface area (Å²) in [5.41, 5.74) is 9.50. The lowest BCUT2D eigenvalue weighted by molar-refractivity contribution is 0.102. The molecule has 1 unspecified atom stereocenters. The molecular formula is C19H21N3O3. The molecule has 1 atom stereocenters. The maximum atomic E-state index is 12.5. The van der Waals surface area contributed by atoms with Crippen LogP contribution in [0.15, 0.2) is 42.5 Å². The minimum absolute atomic E-state index is 0.139. The fraction of sp³-hybridized carbons (Fsp3) is 0.263. The van der Waals surface area contributed by atoms with Crippen LogP contribution in [0.4, 0.5) is 16.2 Å². The average Bonchev–Trinajstić information content (AvgIpc) is 3.00. The lowest BCUT2D eigenvalue weighted by Crippen LogP contribution is -2.32.